The van der Waals surface area contributed by atoms with Crippen LogP contribution in [0.3, 0.4) is 0 Å². The Kier molecular flexibility index (Phi) is 5.87. The molecule has 0 aliphatic heterocycles. The summed E-state index contributed by atoms with van der Waals surface area (Å²) >= 11 is 0. The van der Waals surface area contributed by atoms with E-state index in [1.165, 1.54) is 0 Å². The first kappa shape index (κ1) is 13.3. The molecule has 0 aliphatic carbocycles. The van der Waals surface area contributed by atoms with Gasteiger partial charge in [0.05, 0.1) is 19.1 Å². The Morgan fingerprint density at radius 2 is 2.29 bits per heavy atom. The smallest absolute Gasteiger partial charge is 0.171 e. The number of ether oxygens (including phenoxy) is 1. The third kappa shape index (κ3) is 3.95. The number of anilines is 1. The average Bonchev–Trinajstić information content (AvgIpc) is 2.38. The van der Waals surface area contributed by atoms with E-state index >= 15 is 0 Å². The third-order valence-electron chi connectivity index (χ3n) is 2.39. The van der Waals surface area contributed by atoms with E-state index in [4.69, 9.17) is 10.00 Å². The van der Waals surface area contributed by atoms with E-state index in [2.05, 4.69) is 29.8 Å². The zero-order valence-electron chi connectivity index (χ0n) is 10.5. The zero-order chi connectivity index (χ0) is 12.5. The van der Waals surface area contributed by atoms with Gasteiger partial charge in [0.2, 0.25) is 0 Å². The Morgan fingerprint density at radius 1 is 1.47 bits per heavy atom. The second kappa shape index (κ2) is 7.50. The standard InChI is InChI=1S/C13H19N3O/c1-3-11-17-12-7-5-9-15-13(12)16(4-2)10-6-8-14/h5,7,9H,3-4,6,10-11H2,1-2H3. The molecule has 0 aliphatic rings. The Labute approximate surface area is 103 Å². The van der Waals surface area contributed by atoms with Crippen molar-refractivity contribution in [2.24, 2.45) is 0 Å². The summed E-state index contributed by atoms with van der Waals surface area (Å²) in [6.07, 6.45) is 3.22. The molecule has 1 aromatic heterocycles. The van der Waals surface area contributed by atoms with E-state index in [9.17, 15) is 0 Å². The van der Waals surface area contributed by atoms with Crippen LogP contribution in [-0.4, -0.2) is 24.7 Å². The van der Waals surface area contributed by atoms with Crippen LogP contribution in [0.15, 0.2) is 18.3 Å². The minimum absolute atomic E-state index is 0.498. The summed E-state index contributed by atoms with van der Waals surface area (Å²) in [6.45, 7) is 6.32. The highest BCUT2D eigenvalue weighted by atomic mass is 16.5. The van der Waals surface area contributed by atoms with Crippen molar-refractivity contribution in [3.05, 3.63) is 18.3 Å². The molecular formula is C13H19N3O. The van der Waals surface area contributed by atoms with Crippen molar-refractivity contribution in [1.82, 2.24) is 4.98 Å². The van der Waals surface area contributed by atoms with E-state index < -0.39 is 0 Å². The molecule has 1 heterocycles. The Balaban J connectivity index is 2.82. The van der Waals surface area contributed by atoms with Crippen molar-refractivity contribution in [3.63, 3.8) is 0 Å². The first-order valence-electron chi connectivity index (χ1n) is 6.03. The lowest BCUT2D eigenvalue weighted by Crippen LogP contribution is -2.25. The van der Waals surface area contributed by atoms with Crippen LogP contribution in [0.25, 0.3) is 0 Å². The molecule has 4 heteroatoms. The maximum atomic E-state index is 8.64. The summed E-state index contributed by atoms with van der Waals surface area (Å²) in [7, 11) is 0. The number of hydrogen-bond acceptors (Lipinski definition) is 4. The molecule has 0 N–H and O–H groups in total. The fourth-order valence-corrected chi connectivity index (χ4v) is 1.54. The first-order valence-corrected chi connectivity index (χ1v) is 6.03. The minimum Gasteiger partial charge on any atom is -0.490 e. The van der Waals surface area contributed by atoms with Gasteiger partial charge in [0.25, 0.3) is 0 Å². The van der Waals surface area contributed by atoms with E-state index in [-0.39, 0.29) is 0 Å². The molecule has 17 heavy (non-hydrogen) atoms. The summed E-state index contributed by atoms with van der Waals surface area (Å²) in [4.78, 5) is 6.41. The summed E-state index contributed by atoms with van der Waals surface area (Å²) < 4.78 is 5.66. The van der Waals surface area contributed by atoms with Crippen molar-refractivity contribution in [2.75, 3.05) is 24.6 Å². The van der Waals surface area contributed by atoms with Crippen LogP contribution < -0.4 is 9.64 Å². The molecule has 0 radical (unpaired) electrons. The van der Waals surface area contributed by atoms with Gasteiger partial charge in [-0.3, -0.25) is 0 Å². The van der Waals surface area contributed by atoms with E-state index in [0.29, 0.717) is 19.6 Å². The van der Waals surface area contributed by atoms with Crippen molar-refractivity contribution < 1.29 is 4.74 Å². The number of nitrogens with zero attached hydrogens (tertiary/aromatic N) is 3. The molecule has 0 saturated heterocycles. The van der Waals surface area contributed by atoms with Gasteiger partial charge in [-0.2, -0.15) is 5.26 Å². The summed E-state index contributed by atoms with van der Waals surface area (Å²) in [5, 5.41) is 8.64. The lowest BCUT2D eigenvalue weighted by molar-refractivity contribution is 0.316. The van der Waals surface area contributed by atoms with Crippen LogP contribution >= 0.6 is 0 Å². The molecule has 0 atom stereocenters. The molecule has 0 aromatic carbocycles. The fraction of sp³-hybridized carbons (Fsp3) is 0.538. The van der Waals surface area contributed by atoms with Crippen molar-refractivity contribution in [2.45, 2.75) is 26.7 Å². The Morgan fingerprint density at radius 3 is 2.94 bits per heavy atom. The molecular weight excluding hydrogens is 214 g/mol. The van der Waals surface area contributed by atoms with Gasteiger partial charge < -0.3 is 9.64 Å². The summed E-state index contributed by atoms with van der Waals surface area (Å²) in [6, 6.07) is 5.95. The SMILES string of the molecule is CCCOc1cccnc1N(CC)CCC#N. The maximum absolute atomic E-state index is 8.64. The number of pyridine rings is 1. The normalized spacial score (nSPS) is 9.71. The lowest BCUT2D eigenvalue weighted by Gasteiger charge is -2.22. The van der Waals surface area contributed by atoms with Gasteiger partial charge in [-0.05, 0) is 25.5 Å². The highest BCUT2D eigenvalue weighted by Gasteiger charge is 2.11. The van der Waals surface area contributed by atoms with Crippen LogP contribution in [0.4, 0.5) is 5.82 Å². The van der Waals surface area contributed by atoms with Crippen LogP contribution in [0.1, 0.15) is 26.7 Å². The monoisotopic (exact) mass is 233 g/mol. The number of nitriles is 1. The Hall–Kier alpha value is -1.76. The molecule has 92 valence electrons. The average molecular weight is 233 g/mol. The molecule has 0 bridgehead atoms. The highest BCUT2D eigenvalue weighted by molar-refractivity contribution is 5.51. The molecule has 0 unspecified atom stereocenters. The van der Waals surface area contributed by atoms with Crippen molar-refractivity contribution in [1.29, 1.82) is 5.26 Å². The van der Waals surface area contributed by atoms with Gasteiger partial charge in [0, 0.05) is 19.3 Å². The predicted molar refractivity (Wildman–Crippen MR) is 68.1 cm³/mol. The van der Waals surface area contributed by atoms with Crippen LogP contribution in [-0.2, 0) is 0 Å². The number of hydrogen-bond donors (Lipinski definition) is 0. The zero-order valence-corrected chi connectivity index (χ0v) is 10.5. The number of rotatable bonds is 7. The largest absolute Gasteiger partial charge is 0.490 e. The summed E-state index contributed by atoms with van der Waals surface area (Å²) in [5.41, 5.74) is 0. The molecule has 4 nitrogen and oxygen atoms in total. The molecule has 0 amide bonds. The second-order valence-corrected chi connectivity index (χ2v) is 3.66. The van der Waals surface area contributed by atoms with Gasteiger partial charge in [0.15, 0.2) is 11.6 Å². The highest BCUT2D eigenvalue weighted by Crippen LogP contribution is 2.25. The van der Waals surface area contributed by atoms with E-state index in [1.54, 1.807) is 6.20 Å². The van der Waals surface area contributed by atoms with Gasteiger partial charge in [-0.25, -0.2) is 4.98 Å². The van der Waals surface area contributed by atoms with Gasteiger partial charge in [0.1, 0.15) is 0 Å². The molecule has 0 spiro atoms. The van der Waals surface area contributed by atoms with Gasteiger partial charge in [-0.1, -0.05) is 6.92 Å². The second-order valence-electron chi connectivity index (χ2n) is 3.66. The molecule has 1 aromatic rings. The van der Waals surface area contributed by atoms with E-state index in [1.807, 2.05) is 12.1 Å². The van der Waals surface area contributed by atoms with Gasteiger partial charge in [-0.15, -0.1) is 0 Å². The quantitative estimate of drug-likeness (QED) is 0.726. The predicted octanol–water partition coefficient (Wildman–Crippen LogP) is 2.61. The van der Waals surface area contributed by atoms with E-state index in [0.717, 1.165) is 24.5 Å². The van der Waals surface area contributed by atoms with Crippen LogP contribution in [0.5, 0.6) is 5.75 Å². The Bertz CT molecular complexity index is 373. The topological polar surface area (TPSA) is 49.1 Å². The minimum atomic E-state index is 0.498. The van der Waals surface area contributed by atoms with Crippen molar-refractivity contribution >= 4 is 5.82 Å². The third-order valence-corrected chi connectivity index (χ3v) is 2.39. The molecule has 0 fully saturated rings. The van der Waals surface area contributed by atoms with Crippen molar-refractivity contribution in [3.8, 4) is 11.8 Å². The fourth-order valence-electron chi connectivity index (χ4n) is 1.54. The number of aromatic nitrogens is 1. The van der Waals surface area contributed by atoms with Crippen LogP contribution in [0, 0.1) is 11.3 Å². The first-order chi connectivity index (χ1) is 8.33. The lowest BCUT2D eigenvalue weighted by atomic mass is 10.3. The van der Waals surface area contributed by atoms with Gasteiger partial charge >= 0.3 is 0 Å². The van der Waals surface area contributed by atoms with Crippen LogP contribution in [0.2, 0.25) is 0 Å². The molecule has 0 saturated carbocycles. The maximum Gasteiger partial charge on any atom is 0.171 e. The molecule has 1 rings (SSSR count). The summed E-state index contributed by atoms with van der Waals surface area (Å²) in [5.74, 6) is 1.63.